The molecule has 2 aromatic heterocycles. The van der Waals surface area contributed by atoms with Crippen molar-refractivity contribution in [2.45, 2.75) is 83.8 Å². The second-order valence-electron chi connectivity index (χ2n) is 14.8. The Hall–Kier alpha value is -4.60. The van der Waals surface area contributed by atoms with Gasteiger partial charge in [-0.25, -0.2) is 18.0 Å². The normalized spacial score (nSPS) is 12.0. The Bertz CT molecular complexity index is 2080. The standard InChI is InChI=1S/C38H48Cl2N6O8S/c1-9-10-20-52-34(47)25-46(55(50,51)30-23-27(39)22-28(40)24-30)29-12-13-31-26(21-29)16-19-44(31)32-14-15-33(42-41-32)45(36(49)54-38(5,6)7)18-11-17-43(8)35(48)53-37(2,3)4/h12-16,19,21-24H,9-11,17-18,20,25H2,1-8H3. The second kappa shape index (κ2) is 17.9. The fourth-order valence-electron chi connectivity index (χ4n) is 5.20. The maximum absolute atomic E-state index is 14.0. The van der Waals surface area contributed by atoms with Crippen LogP contribution in [0, 0.1) is 0 Å². The molecule has 0 spiro atoms. The molecule has 17 heteroatoms. The monoisotopic (exact) mass is 818 g/mol. The van der Waals surface area contributed by atoms with Crippen molar-refractivity contribution in [3.05, 3.63) is 70.8 Å². The number of carbonyl (C=O) groups excluding carboxylic acids is 3. The summed E-state index contributed by atoms with van der Waals surface area (Å²) in [7, 11) is -2.70. The van der Waals surface area contributed by atoms with Gasteiger partial charge in [-0.2, -0.15) is 0 Å². The van der Waals surface area contributed by atoms with Crippen LogP contribution in [0.3, 0.4) is 0 Å². The lowest BCUT2D eigenvalue weighted by Crippen LogP contribution is -2.40. The molecular weight excluding hydrogens is 771 g/mol. The van der Waals surface area contributed by atoms with E-state index in [4.69, 9.17) is 37.4 Å². The van der Waals surface area contributed by atoms with E-state index < -0.39 is 45.9 Å². The highest BCUT2D eigenvalue weighted by Crippen LogP contribution is 2.31. The third-order valence-electron chi connectivity index (χ3n) is 7.77. The zero-order chi connectivity index (χ0) is 40.7. The van der Waals surface area contributed by atoms with Crippen LogP contribution in [-0.4, -0.2) is 90.7 Å². The summed E-state index contributed by atoms with van der Waals surface area (Å²) < 4.78 is 47.0. The maximum Gasteiger partial charge on any atom is 0.416 e. The van der Waals surface area contributed by atoms with Crippen LogP contribution < -0.4 is 9.21 Å². The summed E-state index contributed by atoms with van der Waals surface area (Å²) in [6.07, 6.45) is 2.48. The van der Waals surface area contributed by atoms with E-state index in [0.717, 1.165) is 10.7 Å². The molecule has 55 heavy (non-hydrogen) atoms. The minimum atomic E-state index is -4.33. The van der Waals surface area contributed by atoms with Gasteiger partial charge in [-0.05, 0) is 109 Å². The molecule has 0 aliphatic carbocycles. The van der Waals surface area contributed by atoms with E-state index in [1.807, 2.05) is 6.92 Å². The fraction of sp³-hybridized carbons (Fsp3) is 0.447. The summed E-state index contributed by atoms with van der Waals surface area (Å²) in [5, 5.41) is 9.63. The Balaban J connectivity index is 1.62. The first-order chi connectivity index (χ1) is 25.7. The van der Waals surface area contributed by atoms with Gasteiger partial charge in [0, 0.05) is 41.8 Å². The SMILES string of the molecule is CCCCOC(=O)CN(c1ccc2c(ccn2-c2ccc(N(CCCN(C)C(=O)OC(C)(C)C)C(=O)OC(C)(C)C)nn2)c1)S(=O)(=O)c1cc(Cl)cc(Cl)c1. The molecule has 2 amide bonds. The molecule has 0 atom stereocenters. The number of esters is 1. The third-order valence-corrected chi connectivity index (χ3v) is 9.96. The van der Waals surface area contributed by atoms with Crippen LogP contribution in [0.4, 0.5) is 21.1 Å². The van der Waals surface area contributed by atoms with Crippen LogP contribution in [-0.2, 0) is 29.0 Å². The number of aromatic nitrogens is 3. The van der Waals surface area contributed by atoms with Crippen LogP contribution in [0.15, 0.2) is 65.7 Å². The van der Waals surface area contributed by atoms with E-state index in [0.29, 0.717) is 36.1 Å². The smallest absolute Gasteiger partial charge is 0.416 e. The summed E-state index contributed by atoms with van der Waals surface area (Å²) in [6, 6.07) is 13.9. The number of nitrogens with zero attached hydrogens (tertiary/aromatic N) is 6. The van der Waals surface area contributed by atoms with Gasteiger partial charge in [0.05, 0.1) is 22.7 Å². The molecule has 4 aromatic rings. The average Bonchev–Trinajstić information content (AvgIpc) is 3.50. The second-order valence-corrected chi connectivity index (χ2v) is 17.5. The Kier molecular flexibility index (Phi) is 14.0. The van der Waals surface area contributed by atoms with Crippen LogP contribution in [0.1, 0.15) is 67.7 Å². The Morgan fingerprint density at radius 3 is 2.07 bits per heavy atom. The van der Waals surface area contributed by atoms with E-state index in [9.17, 15) is 22.8 Å². The predicted octanol–water partition coefficient (Wildman–Crippen LogP) is 8.26. The molecule has 14 nitrogen and oxygen atoms in total. The van der Waals surface area contributed by atoms with Gasteiger partial charge in [0.1, 0.15) is 17.7 Å². The van der Waals surface area contributed by atoms with Gasteiger partial charge in [0.25, 0.3) is 10.0 Å². The average molecular weight is 820 g/mol. The minimum Gasteiger partial charge on any atom is -0.464 e. The van der Waals surface area contributed by atoms with Gasteiger partial charge in [-0.1, -0.05) is 36.5 Å². The molecule has 0 radical (unpaired) electrons. The molecular formula is C38H48Cl2N6O8S. The molecule has 298 valence electrons. The number of sulfonamides is 1. The summed E-state index contributed by atoms with van der Waals surface area (Å²) >= 11 is 12.3. The van der Waals surface area contributed by atoms with Crippen molar-refractivity contribution in [2.24, 2.45) is 0 Å². The van der Waals surface area contributed by atoms with Gasteiger partial charge in [0.2, 0.25) is 0 Å². The molecule has 2 aromatic carbocycles. The van der Waals surface area contributed by atoms with Crippen molar-refractivity contribution in [2.75, 3.05) is 42.5 Å². The summed E-state index contributed by atoms with van der Waals surface area (Å²) in [5.41, 5.74) is -0.547. The van der Waals surface area contributed by atoms with Crippen molar-refractivity contribution < 1.29 is 37.0 Å². The molecule has 4 rings (SSSR count). The highest BCUT2D eigenvalue weighted by atomic mass is 35.5. The number of carbonyl (C=O) groups is 3. The first-order valence-electron chi connectivity index (χ1n) is 17.7. The lowest BCUT2D eigenvalue weighted by atomic mass is 10.2. The zero-order valence-corrected chi connectivity index (χ0v) is 34.7. The largest absolute Gasteiger partial charge is 0.464 e. The van der Waals surface area contributed by atoms with Crippen molar-refractivity contribution in [3.63, 3.8) is 0 Å². The highest BCUT2D eigenvalue weighted by Gasteiger charge is 2.30. The van der Waals surface area contributed by atoms with Gasteiger partial charge in [-0.15, -0.1) is 10.2 Å². The molecule has 0 unspecified atom stereocenters. The number of anilines is 2. The quantitative estimate of drug-likeness (QED) is 0.0690. The Morgan fingerprint density at radius 1 is 0.818 bits per heavy atom. The van der Waals surface area contributed by atoms with Gasteiger partial charge in [-0.3, -0.25) is 18.6 Å². The van der Waals surface area contributed by atoms with E-state index in [1.165, 1.54) is 28.0 Å². The van der Waals surface area contributed by atoms with Crippen molar-refractivity contribution in [3.8, 4) is 5.82 Å². The Labute approximate surface area is 332 Å². The van der Waals surface area contributed by atoms with E-state index in [2.05, 4.69) is 10.2 Å². The molecule has 0 fully saturated rings. The predicted molar refractivity (Wildman–Crippen MR) is 213 cm³/mol. The molecule has 0 N–H and O–H groups in total. The fourth-order valence-corrected chi connectivity index (χ4v) is 7.33. The molecule has 0 saturated heterocycles. The van der Waals surface area contributed by atoms with E-state index in [1.54, 1.807) is 95.8 Å². The van der Waals surface area contributed by atoms with E-state index in [-0.39, 0.29) is 39.6 Å². The molecule has 0 bridgehead atoms. The van der Waals surface area contributed by atoms with Gasteiger partial charge >= 0.3 is 18.2 Å². The Morgan fingerprint density at radius 2 is 1.47 bits per heavy atom. The first-order valence-corrected chi connectivity index (χ1v) is 19.9. The topological polar surface area (TPSA) is 153 Å². The minimum absolute atomic E-state index is 0.121. The van der Waals surface area contributed by atoms with Crippen LogP contribution in [0.25, 0.3) is 16.7 Å². The number of benzene rings is 2. The van der Waals surface area contributed by atoms with Crippen molar-refractivity contribution in [1.29, 1.82) is 0 Å². The number of hydrogen-bond acceptors (Lipinski definition) is 10. The molecule has 2 heterocycles. The molecule has 0 aliphatic rings. The highest BCUT2D eigenvalue weighted by molar-refractivity contribution is 7.92. The first kappa shape index (κ1) is 43.1. The lowest BCUT2D eigenvalue weighted by molar-refractivity contribution is -0.141. The van der Waals surface area contributed by atoms with Crippen LogP contribution >= 0.6 is 23.2 Å². The van der Waals surface area contributed by atoms with Crippen molar-refractivity contribution >= 4 is 73.8 Å². The third kappa shape index (κ3) is 11.9. The number of hydrogen-bond donors (Lipinski definition) is 0. The molecule has 0 aliphatic heterocycles. The summed E-state index contributed by atoms with van der Waals surface area (Å²) in [5.74, 6) is -0.0593. The maximum atomic E-state index is 14.0. The van der Waals surface area contributed by atoms with Gasteiger partial charge < -0.3 is 19.1 Å². The number of rotatable bonds is 14. The van der Waals surface area contributed by atoms with Crippen LogP contribution in [0.5, 0.6) is 0 Å². The summed E-state index contributed by atoms with van der Waals surface area (Å²) in [4.78, 5) is 41.2. The van der Waals surface area contributed by atoms with Crippen LogP contribution in [0.2, 0.25) is 10.0 Å². The van der Waals surface area contributed by atoms with Crippen molar-refractivity contribution in [1.82, 2.24) is 19.7 Å². The number of unbranched alkanes of at least 4 members (excludes halogenated alkanes) is 1. The van der Waals surface area contributed by atoms with E-state index >= 15 is 0 Å². The lowest BCUT2D eigenvalue weighted by Gasteiger charge is -2.28. The zero-order valence-electron chi connectivity index (χ0n) is 32.3. The van der Waals surface area contributed by atoms with Gasteiger partial charge in [0.15, 0.2) is 11.6 Å². The number of halogens is 2. The number of fused-ring (bicyclic) bond motifs is 1. The number of ether oxygens (including phenoxy) is 3. The molecule has 0 saturated carbocycles. The summed E-state index contributed by atoms with van der Waals surface area (Å²) in [6.45, 7) is 12.7. The number of amides is 2.